The van der Waals surface area contributed by atoms with Gasteiger partial charge in [0.15, 0.2) is 11.5 Å². The van der Waals surface area contributed by atoms with Gasteiger partial charge >= 0.3 is 5.97 Å². The third kappa shape index (κ3) is 3.40. The highest BCUT2D eigenvalue weighted by atomic mass is 16.7. The number of carbonyl (C=O) groups is 2. The average molecular weight is 399 g/mol. The summed E-state index contributed by atoms with van der Waals surface area (Å²) in [7, 11) is 0. The largest absolute Gasteiger partial charge is 0.462 e. The van der Waals surface area contributed by atoms with Crippen molar-refractivity contribution < 1.29 is 28.2 Å². The standard InChI is InChI=1S/C19H17N3O7/c1-3-26-19(25)15-10(2)29-17-16(15)18(24)22(8-20-17)7-14(23)21-11-4-5-12-13(6-11)28-9-27-12/h4-6,8H,3,7,9H2,1-2H3,(H,21,23). The summed E-state index contributed by atoms with van der Waals surface area (Å²) < 4.78 is 22.0. The van der Waals surface area contributed by atoms with E-state index in [9.17, 15) is 14.4 Å². The number of ether oxygens (including phenoxy) is 3. The molecule has 0 atom stereocenters. The maximum Gasteiger partial charge on any atom is 0.342 e. The molecule has 0 unspecified atom stereocenters. The molecule has 0 spiro atoms. The third-order valence-electron chi connectivity index (χ3n) is 4.30. The number of anilines is 1. The minimum absolute atomic E-state index is 0.0145. The van der Waals surface area contributed by atoms with E-state index in [4.69, 9.17) is 18.6 Å². The Morgan fingerprint density at radius 1 is 1.28 bits per heavy atom. The van der Waals surface area contributed by atoms with E-state index in [0.717, 1.165) is 4.57 Å². The first-order valence-corrected chi connectivity index (χ1v) is 8.83. The molecule has 150 valence electrons. The van der Waals surface area contributed by atoms with Crippen molar-refractivity contribution in [3.63, 3.8) is 0 Å². The van der Waals surface area contributed by atoms with Gasteiger partial charge in [-0.2, -0.15) is 0 Å². The first-order valence-electron chi connectivity index (χ1n) is 8.83. The van der Waals surface area contributed by atoms with Crippen LogP contribution in [0.3, 0.4) is 0 Å². The lowest BCUT2D eigenvalue weighted by atomic mass is 10.2. The Labute approximate surface area is 164 Å². The highest BCUT2D eigenvalue weighted by molar-refractivity contribution is 6.03. The third-order valence-corrected chi connectivity index (χ3v) is 4.30. The summed E-state index contributed by atoms with van der Waals surface area (Å²) in [4.78, 5) is 41.5. The second kappa shape index (κ2) is 7.30. The highest BCUT2D eigenvalue weighted by Gasteiger charge is 2.24. The summed E-state index contributed by atoms with van der Waals surface area (Å²) in [6, 6.07) is 4.97. The van der Waals surface area contributed by atoms with Gasteiger partial charge in [-0.05, 0) is 26.0 Å². The van der Waals surface area contributed by atoms with Crippen LogP contribution in [0.25, 0.3) is 11.1 Å². The number of nitrogens with one attached hydrogen (secondary N) is 1. The van der Waals surface area contributed by atoms with Gasteiger partial charge in [-0.3, -0.25) is 14.2 Å². The number of fused-ring (bicyclic) bond motifs is 2. The summed E-state index contributed by atoms with van der Waals surface area (Å²) in [5.41, 5.74) is -0.0451. The van der Waals surface area contributed by atoms with Crippen molar-refractivity contribution in [1.29, 1.82) is 0 Å². The molecule has 4 rings (SSSR count). The fraction of sp³-hybridized carbons (Fsp3) is 0.263. The van der Waals surface area contributed by atoms with E-state index < -0.39 is 17.4 Å². The highest BCUT2D eigenvalue weighted by Crippen LogP contribution is 2.34. The van der Waals surface area contributed by atoms with Crippen LogP contribution in [0.2, 0.25) is 0 Å². The molecule has 1 aliphatic rings. The molecule has 1 N–H and O–H groups in total. The normalized spacial score (nSPS) is 12.2. The number of esters is 1. The zero-order chi connectivity index (χ0) is 20.5. The van der Waals surface area contributed by atoms with Crippen LogP contribution in [-0.2, 0) is 16.1 Å². The Bertz CT molecular complexity index is 1180. The molecule has 29 heavy (non-hydrogen) atoms. The number of aromatic nitrogens is 2. The fourth-order valence-electron chi connectivity index (χ4n) is 3.03. The predicted octanol–water partition coefficient (Wildman–Crippen LogP) is 1.84. The molecular weight excluding hydrogens is 382 g/mol. The number of nitrogens with zero attached hydrogens (tertiary/aromatic N) is 2. The lowest BCUT2D eigenvalue weighted by molar-refractivity contribution is -0.116. The molecule has 0 saturated heterocycles. The van der Waals surface area contributed by atoms with Crippen LogP contribution in [0, 0.1) is 6.92 Å². The van der Waals surface area contributed by atoms with E-state index in [1.54, 1.807) is 32.0 Å². The van der Waals surface area contributed by atoms with E-state index in [-0.39, 0.29) is 42.4 Å². The first kappa shape index (κ1) is 18.5. The maximum atomic E-state index is 12.9. The van der Waals surface area contributed by atoms with E-state index in [0.29, 0.717) is 17.2 Å². The molecule has 1 aliphatic heterocycles. The number of benzene rings is 1. The number of amides is 1. The number of aryl methyl sites for hydroxylation is 1. The fourth-order valence-corrected chi connectivity index (χ4v) is 3.03. The van der Waals surface area contributed by atoms with E-state index in [1.165, 1.54) is 6.33 Å². The van der Waals surface area contributed by atoms with Crippen molar-refractivity contribution in [2.24, 2.45) is 0 Å². The van der Waals surface area contributed by atoms with Crippen LogP contribution < -0.4 is 20.3 Å². The molecule has 1 aromatic carbocycles. The Hall–Kier alpha value is -3.82. The molecule has 0 aliphatic carbocycles. The van der Waals surface area contributed by atoms with Crippen molar-refractivity contribution in [2.75, 3.05) is 18.7 Å². The number of furan rings is 1. The molecule has 2 aromatic heterocycles. The number of rotatable bonds is 5. The molecule has 3 aromatic rings. The van der Waals surface area contributed by atoms with Gasteiger partial charge in [-0.1, -0.05) is 0 Å². The zero-order valence-electron chi connectivity index (χ0n) is 15.7. The van der Waals surface area contributed by atoms with Crippen LogP contribution in [-0.4, -0.2) is 34.8 Å². The van der Waals surface area contributed by atoms with Crippen molar-refractivity contribution in [2.45, 2.75) is 20.4 Å². The minimum atomic E-state index is -0.676. The Morgan fingerprint density at radius 3 is 2.86 bits per heavy atom. The molecular formula is C19H17N3O7. The molecule has 0 radical (unpaired) electrons. The summed E-state index contributed by atoms with van der Waals surface area (Å²) in [5.74, 6) is 0.215. The van der Waals surface area contributed by atoms with Gasteiger partial charge in [-0.15, -0.1) is 0 Å². The Kier molecular flexibility index (Phi) is 4.67. The Balaban J connectivity index is 1.60. The first-order chi connectivity index (χ1) is 14.0. The predicted molar refractivity (Wildman–Crippen MR) is 100 cm³/mol. The SMILES string of the molecule is CCOC(=O)c1c(C)oc2ncn(CC(=O)Nc3ccc4c(c3)OCO4)c(=O)c12. The van der Waals surface area contributed by atoms with E-state index >= 15 is 0 Å². The molecule has 0 fully saturated rings. The Morgan fingerprint density at radius 2 is 2.07 bits per heavy atom. The van der Waals surface area contributed by atoms with Crippen LogP contribution in [0.5, 0.6) is 11.5 Å². The van der Waals surface area contributed by atoms with Gasteiger partial charge in [-0.25, -0.2) is 9.78 Å². The second-order valence-corrected chi connectivity index (χ2v) is 6.23. The van der Waals surface area contributed by atoms with Crippen LogP contribution in [0.4, 0.5) is 5.69 Å². The topological polar surface area (TPSA) is 122 Å². The number of hydrogen-bond acceptors (Lipinski definition) is 8. The van der Waals surface area contributed by atoms with Gasteiger partial charge in [0.05, 0.1) is 6.61 Å². The van der Waals surface area contributed by atoms with Crippen LogP contribution >= 0.6 is 0 Å². The summed E-state index contributed by atoms with van der Waals surface area (Å²) in [6.45, 7) is 3.18. The number of hydrogen-bond donors (Lipinski definition) is 1. The molecule has 0 bridgehead atoms. The molecule has 10 nitrogen and oxygen atoms in total. The minimum Gasteiger partial charge on any atom is -0.462 e. The lowest BCUT2D eigenvalue weighted by Crippen LogP contribution is -2.28. The van der Waals surface area contributed by atoms with Gasteiger partial charge in [0.2, 0.25) is 18.4 Å². The quantitative estimate of drug-likeness (QED) is 0.645. The van der Waals surface area contributed by atoms with Gasteiger partial charge in [0, 0.05) is 11.8 Å². The monoisotopic (exact) mass is 399 g/mol. The molecule has 10 heteroatoms. The molecule has 1 amide bonds. The van der Waals surface area contributed by atoms with Crippen molar-refractivity contribution in [1.82, 2.24) is 9.55 Å². The lowest BCUT2D eigenvalue weighted by Gasteiger charge is -2.08. The van der Waals surface area contributed by atoms with Gasteiger partial charge in [0.25, 0.3) is 5.56 Å². The second-order valence-electron chi connectivity index (χ2n) is 6.23. The number of carbonyl (C=O) groups excluding carboxylic acids is 2. The van der Waals surface area contributed by atoms with Gasteiger partial charge in [0.1, 0.15) is 29.6 Å². The molecule has 3 heterocycles. The van der Waals surface area contributed by atoms with Gasteiger partial charge < -0.3 is 23.9 Å². The van der Waals surface area contributed by atoms with Crippen molar-refractivity contribution in [3.05, 3.63) is 46.2 Å². The maximum absolute atomic E-state index is 12.9. The zero-order valence-corrected chi connectivity index (χ0v) is 15.7. The average Bonchev–Trinajstić information content (AvgIpc) is 3.27. The van der Waals surface area contributed by atoms with E-state index in [1.807, 2.05) is 0 Å². The smallest absolute Gasteiger partial charge is 0.342 e. The summed E-state index contributed by atoms with van der Waals surface area (Å²) in [5, 5.41) is 2.67. The summed E-state index contributed by atoms with van der Waals surface area (Å²) in [6.07, 6.45) is 1.20. The van der Waals surface area contributed by atoms with Crippen LogP contribution in [0.1, 0.15) is 23.0 Å². The molecule has 0 saturated carbocycles. The van der Waals surface area contributed by atoms with Crippen molar-refractivity contribution >= 4 is 28.7 Å². The summed E-state index contributed by atoms with van der Waals surface area (Å²) >= 11 is 0. The van der Waals surface area contributed by atoms with Crippen LogP contribution in [0.15, 0.2) is 33.7 Å². The van der Waals surface area contributed by atoms with E-state index in [2.05, 4.69) is 10.3 Å². The van der Waals surface area contributed by atoms with Crippen molar-refractivity contribution in [3.8, 4) is 11.5 Å².